The Kier molecular flexibility index (Phi) is 6.01. The summed E-state index contributed by atoms with van der Waals surface area (Å²) in [5.41, 5.74) is 1.29. The maximum atomic E-state index is 5.88. The molecule has 2 unspecified atom stereocenters. The third-order valence-corrected chi connectivity index (χ3v) is 4.64. The van der Waals surface area contributed by atoms with Gasteiger partial charge in [-0.3, -0.25) is 0 Å². The molecule has 1 aromatic carbocycles. The van der Waals surface area contributed by atoms with E-state index >= 15 is 0 Å². The van der Waals surface area contributed by atoms with Crippen molar-refractivity contribution in [1.82, 2.24) is 5.32 Å². The molecule has 1 N–H and O–H groups in total. The summed E-state index contributed by atoms with van der Waals surface area (Å²) in [6.07, 6.45) is 1.10. The van der Waals surface area contributed by atoms with E-state index in [1.54, 1.807) is 7.11 Å². The maximum Gasteiger partial charge on any atom is 0.124 e. The van der Waals surface area contributed by atoms with Gasteiger partial charge in [-0.2, -0.15) is 11.8 Å². The van der Waals surface area contributed by atoms with E-state index in [0.29, 0.717) is 11.3 Å². The number of rotatable bonds is 7. The van der Waals surface area contributed by atoms with Crippen LogP contribution >= 0.6 is 11.8 Å². The summed E-state index contributed by atoms with van der Waals surface area (Å²) in [5.74, 6) is 2.15. The Morgan fingerprint density at radius 3 is 3.05 bits per heavy atom. The van der Waals surface area contributed by atoms with Crippen molar-refractivity contribution in [3.05, 3.63) is 29.8 Å². The molecule has 1 aromatic rings. The Balaban J connectivity index is 2.00. The predicted octanol–water partition coefficient (Wildman–Crippen LogP) is 2.87. The van der Waals surface area contributed by atoms with Crippen LogP contribution in [0.1, 0.15) is 24.9 Å². The van der Waals surface area contributed by atoms with Gasteiger partial charge < -0.3 is 14.8 Å². The van der Waals surface area contributed by atoms with Crippen molar-refractivity contribution in [2.45, 2.75) is 24.6 Å². The first-order valence-electron chi connectivity index (χ1n) is 6.92. The van der Waals surface area contributed by atoms with Crippen LogP contribution in [0.3, 0.4) is 0 Å². The molecule has 2 rings (SSSR count). The highest BCUT2D eigenvalue weighted by Crippen LogP contribution is 2.37. The van der Waals surface area contributed by atoms with Gasteiger partial charge in [0.05, 0.1) is 11.3 Å². The van der Waals surface area contributed by atoms with Gasteiger partial charge in [-0.1, -0.05) is 25.1 Å². The minimum atomic E-state index is 0.391. The number of methoxy groups -OCH3 is 1. The minimum absolute atomic E-state index is 0.391. The van der Waals surface area contributed by atoms with Gasteiger partial charge in [0.15, 0.2) is 0 Å². The molecule has 0 spiro atoms. The zero-order valence-corrected chi connectivity index (χ0v) is 12.5. The van der Waals surface area contributed by atoms with E-state index in [2.05, 4.69) is 30.4 Å². The Hall–Kier alpha value is -0.710. The molecule has 3 nitrogen and oxygen atoms in total. The highest BCUT2D eigenvalue weighted by Gasteiger charge is 2.30. The Morgan fingerprint density at radius 1 is 1.42 bits per heavy atom. The second-order valence-corrected chi connectivity index (χ2v) is 5.99. The first-order valence-corrected chi connectivity index (χ1v) is 7.97. The van der Waals surface area contributed by atoms with Gasteiger partial charge in [-0.15, -0.1) is 0 Å². The highest BCUT2D eigenvalue weighted by atomic mass is 32.2. The number of ether oxygens (including phenoxy) is 2. The Morgan fingerprint density at radius 2 is 2.26 bits per heavy atom. The lowest BCUT2D eigenvalue weighted by molar-refractivity contribution is 0.200. The van der Waals surface area contributed by atoms with E-state index in [1.807, 2.05) is 17.8 Å². The monoisotopic (exact) mass is 281 g/mol. The Labute approximate surface area is 120 Å². The molecule has 0 fully saturated rings. The van der Waals surface area contributed by atoms with E-state index in [1.165, 1.54) is 5.56 Å². The molecule has 0 amide bonds. The van der Waals surface area contributed by atoms with Crippen molar-refractivity contribution < 1.29 is 9.47 Å². The first-order chi connectivity index (χ1) is 9.36. The van der Waals surface area contributed by atoms with Crippen molar-refractivity contribution in [3.63, 3.8) is 0 Å². The zero-order chi connectivity index (χ0) is 13.5. The summed E-state index contributed by atoms with van der Waals surface area (Å²) >= 11 is 1.98. The number of benzene rings is 1. The standard InChI is InChI=1S/C15H23NO2S/c1-3-16-15-12-7-4-5-8-13(12)18-11-14(15)19-10-6-9-17-2/h4-5,7-8,14-16H,3,6,9-11H2,1-2H3. The molecular weight excluding hydrogens is 258 g/mol. The number of fused-ring (bicyclic) bond motifs is 1. The lowest BCUT2D eigenvalue weighted by atomic mass is 10.0. The summed E-state index contributed by atoms with van der Waals surface area (Å²) in [6.45, 7) is 4.76. The molecule has 4 heteroatoms. The second kappa shape index (κ2) is 7.78. The van der Waals surface area contributed by atoms with E-state index in [-0.39, 0.29) is 0 Å². The largest absolute Gasteiger partial charge is 0.492 e. The van der Waals surface area contributed by atoms with Gasteiger partial charge in [0.25, 0.3) is 0 Å². The van der Waals surface area contributed by atoms with Crippen LogP contribution in [0.4, 0.5) is 0 Å². The highest BCUT2D eigenvalue weighted by molar-refractivity contribution is 7.99. The first kappa shape index (κ1) is 14.7. The molecule has 0 radical (unpaired) electrons. The summed E-state index contributed by atoms with van der Waals surface area (Å²) < 4.78 is 11.0. The molecule has 0 aliphatic carbocycles. The average Bonchev–Trinajstić information content (AvgIpc) is 2.45. The van der Waals surface area contributed by atoms with E-state index in [4.69, 9.17) is 9.47 Å². The molecule has 2 atom stereocenters. The van der Waals surface area contributed by atoms with Gasteiger partial charge in [-0.05, 0) is 24.8 Å². The van der Waals surface area contributed by atoms with E-state index < -0.39 is 0 Å². The summed E-state index contributed by atoms with van der Waals surface area (Å²) in [6, 6.07) is 8.75. The molecule has 1 aliphatic rings. The third-order valence-electron chi connectivity index (χ3n) is 3.28. The normalized spacial score (nSPS) is 21.8. The number of thioether (sulfide) groups is 1. The third kappa shape index (κ3) is 3.88. The molecular formula is C15H23NO2S. The summed E-state index contributed by atoms with van der Waals surface area (Å²) in [5, 5.41) is 4.08. The van der Waals surface area contributed by atoms with Crippen LogP contribution in [0.2, 0.25) is 0 Å². The summed E-state index contributed by atoms with van der Waals surface area (Å²) in [7, 11) is 1.76. The fourth-order valence-electron chi connectivity index (χ4n) is 2.38. The van der Waals surface area contributed by atoms with Gasteiger partial charge in [-0.25, -0.2) is 0 Å². The van der Waals surface area contributed by atoms with Gasteiger partial charge in [0.2, 0.25) is 0 Å². The predicted molar refractivity (Wildman–Crippen MR) is 81.1 cm³/mol. The smallest absolute Gasteiger partial charge is 0.124 e. The van der Waals surface area contributed by atoms with Crippen LogP contribution in [0.15, 0.2) is 24.3 Å². The number of para-hydroxylation sites is 1. The van der Waals surface area contributed by atoms with E-state index in [9.17, 15) is 0 Å². The molecule has 0 aromatic heterocycles. The van der Waals surface area contributed by atoms with Crippen molar-refractivity contribution in [1.29, 1.82) is 0 Å². The van der Waals surface area contributed by atoms with E-state index in [0.717, 1.165) is 37.7 Å². The maximum absolute atomic E-state index is 5.88. The lowest BCUT2D eigenvalue weighted by Crippen LogP contribution is -2.37. The number of hydrogen-bond acceptors (Lipinski definition) is 4. The molecule has 106 valence electrons. The van der Waals surface area contributed by atoms with Gasteiger partial charge >= 0.3 is 0 Å². The van der Waals surface area contributed by atoms with Gasteiger partial charge in [0.1, 0.15) is 12.4 Å². The van der Waals surface area contributed by atoms with Crippen LogP contribution in [-0.4, -0.2) is 37.9 Å². The van der Waals surface area contributed by atoms with Crippen LogP contribution in [0.25, 0.3) is 0 Å². The molecule has 1 aliphatic heterocycles. The number of nitrogens with one attached hydrogen (secondary N) is 1. The Bertz CT molecular complexity index is 386. The van der Waals surface area contributed by atoms with Crippen molar-refractivity contribution in [2.75, 3.05) is 32.6 Å². The van der Waals surface area contributed by atoms with Crippen molar-refractivity contribution in [3.8, 4) is 5.75 Å². The fraction of sp³-hybridized carbons (Fsp3) is 0.600. The average molecular weight is 281 g/mol. The van der Waals surface area contributed by atoms with Crippen LogP contribution in [0.5, 0.6) is 5.75 Å². The molecule has 0 saturated carbocycles. The van der Waals surface area contributed by atoms with Crippen LogP contribution < -0.4 is 10.1 Å². The topological polar surface area (TPSA) is 30.5 Å². The fourth-order valence-corrected chi connectivity index (χ4v) is 3.57. The summed E-state index contributed by atoms with van der Waals surface area (Å²) in [4.78, 5) is 0. The van der Waals surface area contributed by atoms with Crippen molar-refractivity contribution >= 4 is 11.8 Å². The number of hydrogen-bond donors (Lipinski definition) is 1. The molecule has 0 saturated heterocycles. The molecule has 19 heavy (non-hydrogen) atoms. The second-order valence-electron chi connectivity index (χ2n) is 4.64. The van der Waals surface area contributed by atoms with Crippen LogP contribution in [0, 0.1) is 0 Å². The zero-order valence-electron chi connectivity index (χ0n) is 11.7. The SMILES string of the molecule is CCNC1c2ccccc2OCC1SCCCOC. The van der Waals surface area contributed by atoms with Crippen molar-refractivity contribution in [2.24, 2.45) is 0 Å². The van der Waals surface area contributed by atoms with Gasteiger partial charge in [0, 0.05) is 19.3 Å². The molecule has 1 heterocycles. The lowest BCUT2D eigenvalue weighted by Gasteiger charge is -2.33. The quantitative estimate of drug-likeness (QED) is 0.779. The minimum Gasteiger partial charge on any atom is -0.492 e. The molecule has 0 bridgehead atoms. The van der Waals surface area contributed by atoms with Crippen LogP contribution in [-0.2, 0) is 4.74 Å².